The fourth-order valence-corrected chi connectivity index (χ4v) is 6.07. The predicted molar refractivity (Wildman–Crippen MR) is 123 cm³/mol. The Bertz CT molecular complexity index is 558. The van der Waals surface area contributed by atoms with Crippen LogP contribution in [0.15, 0.2) is 12.7 Å². The van der Waals surface area contributed by atoms with Crippen LogP contribution in [0.25, 0.3) is 0 Å². The number of hydrogen-bond acceptors (Lipinski definition) is 4. The van der Waals surface area contributed by atoms with E-state index in [0.717, 1.165) is 6.42 Å². The summed E-state index contributed by atoms with van der Waals surface area (Å²) >= 11 is 0. The molecule has 28 heavy (non-hydrogen) atoms. The van der Waals surface area contributed by atoms with Crippen LogP contribution in [0.1, 0.15) is 54.4 Å². The van der Waals surface area contributed by atoms with Gasteiger partial charge in [0.05, 0.1) is 25.7 Å². The van der Waals surface area contributed by atoms with E-state index in [2.05, 4.69) is 74.3 Å². The maximum atomic E-state index is 12.2. The molecule has 164 valence electrons. The van der Waals surface area contributed by atoms with E-state index in [9.17, 15) is 4.79 Å². The van der Waals surface area contributed by atoms with E-state index in [0.29, 0.717) is 6.42 Å². The molecule has 1 aliphatic rings. The first-order valence-corrected chi connectivity index (χ1v) is 16.3. The summed E-state index contributed by atoms with van der Waals surface area (Å²) in [6.45, 7) is 26.7. The highest BCUT2D eigenvalue weighted by molar-refractivity contribution is 6.74. The lowest BCUT2D eigenvalue weighted by molar-refractivity contribution is -0.142. The van der Waals surface area contributed by atoms with Gasteiger partial charge in [0.15, 0.2) is 16.6 Å². The summed E-state index contributed by atoms with van der Waals surface area (Å²) in [5, 5.41) is 0.250. The number of methoxy groups -OCH3 is 1. The molecule has 0 aromatic heterocycles. The average Bonchev–Trinajstić information content (AvgIpc) is 2.79. The van der Waals surface area contributed by atoms with Crippen LogP contribution in [-0.2, 0) is 18.4 Å². The van der Waals surface area contributed by atoms with Crippen LogP contribution in [0.4, 0.5) is 0 Å². The minimum atomic E-state index is -1.97. The van der Waals surface area contributed by atoms with Gasteiger partial charge in [0.2, 0.25) is 0 Å². The van der Waals surface area contributed by atoms with E-state index < -0.39 is 16.6 Å². The fourth-order valence-electron chi connectivity index (χ4n) is 3.33. The van der Waals surface area contributed by atoms with Crippen LogP contribution in [-0.4, -0.2) is 41.9 Å². The number of carbonyl (C=O) groups excluding carboxylic acids is 1. The zero-order chi connectivity index (χ0) is 22.1. The fraction of sp³-hybridized carbons (Fsp3) is 0.864. The molecule has 2 unspecified atom stereocenters. The van der Waals surface area contributed by atoms with E-state index >= 15 is 0 Å². The topological polar surface area (TPSA) is 44.8 Å². The van der Waals surface area contributed by atoms with Crippen molar-refractivity contribution in [3.63, 3.8) is 0 Å². The maximum Gasteiger partial charge on any atom is 0.305 e. The summed E-state index contributed by atoms with van der Waals surface area (Å²) in [5.41, 5.74) is 0. The van der Waals surface area contributed by atoms with E-state index in [1.165, 1.54) is 7.11 Å². The van der Waals surface area contributed by atoms with Crippen molar-refractivity contribution in [2.24, 2.45) is 11.8 Å². The Labute approximate surface area is 175 Å². The third kappa shape index (κ3) is 5.80. The molecule has 0 saturated heterocycles. The van der Waals surface area contributed by atoms with Crippen molar-refractivity contribution in [2.45, 2.75) is 103 Å². The van der Waals surface area contributed by atoms with Crippen LogP contribution in [0.3, 0.4) is 0 Å². The monoisotopic (exact) mass is 428 g/mol. The molecule has 4 nitrogen and oxygen atoms in total. The van der Waals surface area contributed by atoms with E-state index in [1.54, 1.807) is 0 Å². The van der Waals surface area contributed by atoms with Gasteiger partial charge in [-0.15, -0.1) is 6.58 Å². The van der Waals surface area contributed by atoms with Crippen molar-refractivity contribution in [3.05, 3.63) is 12.7 Å². The van der Waals surface area contributed by atoms with Gasteiger partial charge < -0.3 is 13.6 Å². The van der Waals surface area contributed by atoms with Crippen molar-refractivity contribution >= 4 is 22.6 Å². The second-order valence-electron chi connectivity index (χ2n) is 11.3. The van der Waals surface area contributed by atoms with Gasteiger partial charge in [0.1, 0.15) is 0 Å². The van der Waals surface area contributed by atoms with Gasteiger partial charge in [-0.2, -0.15) is 0 Å². The standard InChI is InChI=1S/C22H44O4Si2/c1-13-16-17(14-20(23)24-8)19(26-28(11,12)22(5,6)7)15-18(16)25-27(9,10)21(2,3)4/h13,16-19H,1,14-15H2,2-12H3/t16-,17-,18?,19?/m1/s1. The molecule has 0 spiro atoms. The number of esters is 1. The lowest BCUT2D eigenvalue weighted by atomic mass is 9.91. The largest absolute Gasteiger partial charge is 0.469 e. The Morgan fingerprint density at radius 1 is 0.964 bits per heavy atom. The smallest absolute Gasteiger partial charge is 0.305 e. The second kappa shape index (κ2) is 8.74. The van der Waals surface area contributed by atoms with Crippen molar-refractivity contribution < 1.29 is 18.4 Å². The summed E-state index contributed by atoms with van der Waals surface area (Å²) in [6.07, 6.45) is 3.18. The number of carbonyl (C=O) groups is 1. The molecule has 0 aliphatic heterocycles. The van der Waals surface area contributed by atoms with Gasteiger partial charge in [-0.3, -0.25) is 4.79 Å². The molecule has 6 heteroatoms. The van der Waals surface area contributed by atoms with Gasteiger partial charge >= 0.3 is 5.97 Å². The minimum Gasteiger partial charge on any atom is -0.469 e. The zero-order valence-corrected chi connectivity index (χ0v) is 22.1. The van der Waals surface area contributed by atoms with Crippen LogP contribution in [0, 0.1) is 11.8 Å². The molecule has 1 aliphatic carbocycles. The van der Waals surface area contributed by atoms with Gasteiger partial charge in [-0.05, 0) is 42.7 Å². The van der Waals surface area contributed by atoms with Gasteiger partial charge in [-0.1, -0.05) is 47.6 Å². The van der Waals surface area contributed by atoms with Crippen molar-refractivity contribution in [1.82, 2.24) is 0 Å². The molecule has 1 fully saturated rings. The lowest BCUT2D eigenvalue weighted by Crippen LogP contribution is -2.45. The Kier molecular flexibility index (Phi) is 7.99. The highest BCUT2D eigenvalue weighted by Gasteiger charge is 2.51. The Morgan fingerprint density at radius 2 is 1.39 bits per heavy atom. The summed E-state index contributed by atoms with van der Waals surface area (Å²) in [7, 11) is -2.46. The van der Waals surface area contributed by atoms with E-state index in [4.69, 9.17) is 13.6 Å². The van der Waals surface area contributed by atoms with Crippen LogP contribution < -0.4 is 0 Å². The summed E-state index contributed by atoms with van der Waals surface area (Å²) in [6, 6.07) is 0. The number of hydrogen-bond donors (Lipinski definition) is 0. The van der Waals surface area contributed by atoms with Crippen molar-refractivity contribution in [3.8, 4) is 0 Å². The van der Waals surface area contributed by atoms with Crippen LogP contribution >= 0.6 is 0 Å². The van der Waals surface area contributed by atoms with Crippen LogP contribution in [0.2, 0.25) is 36.3 Å². The molecule has 0 aromatic rings. The molecule has 4 atom stereocenters. The molecule has 1 saturated carbocycles. The first kappa shape index (κ1) is 25.6. The Hall–Kier alpha value is -0.436. The maximum absolute atomic E-state index is 12.2. The summed E-state index contributed by atoms with van der Waals surface area (Å²) in [4.78, 5) is 12.2. The van der Waals surface area contributed by atoms with Crippen LogP contribution in [0.5, 0.6) is 0 Å². The van der Waals surface area contributed by atoms with Gasteiger partial charge in [-0.25, -0.2) is 0 Å². The highest BCUT2D eigenvalue weighted by atomic mass is 28.4. The molecule has 0 radical (unpaired) electrons. The molecular weight excluding hydrogens is 384 g/mol. The molecular formula is C22H44O4Si2. The van der Waals surface area contributed by atoms with E-state index in [1.807, 2.05) is 6.08 Å². The third-order valence-electron chi connectivity index (χ3n) is 7.27. The van der Waals surface area contributed by atoms with E-state index in [-0.39, 0.29) is 40.1 Å². The Balaban J connectivity index is 3.19. The minimum absolute atomic E-state index is 0.00207. The van der Waals surface area contributed by atoms with Crippen molar-refractivity contribution in [1.29, 1.82) is 0 Å². The number of rotatable bonds is 7. The quantitative estimate of drug-likeness (QED) is 0.277. The Morgan fingerprint density at radius 3 is 1.75 bits per heavy atom. The third-order valence-corrected chi connectivity index (χ3v) is 16.3. The number of ether oxygens (including phenoxy) is 1. The first-order valence-electron chi connectivity index (χ1n) is 10.5. The first-order chi connectivity index (χ1) is 12.5. The molecule has 0 bridgehead atoms. The molecule has 1 rings (SSSR count). The molecule has 0 N–H and O–H groups in total. The zero-order valence-electron chi connectivity index (χ0n) is 20.1. The normalized spacial score (nSPS) is 27.0. The summed E-state index contributed by atoms with van der Waals surface area (Å²) in [5.74, 6) is -0.0366. The van der Waals surface area contributed by atoms with Gasteiger partial charge in [0, 0.05) is 11.8 Å². The predicted octanol–water partition coefficient (Wildman–Crippen LogP) is 6.15. The molecule has 0 amide bonds. The molecule has 0 heterocycles. The highest BCUT2D eigenvalue weighted by Crippen LogP contribution is 2.47. The SMILES string of the molecule is C=C[C@H]1C(O[Si](C)(C)C(C)(C)C)CC(O[Si](C)(C)C(C)(C)C)[C@@H]1CC(=O)OC. The summed E-state index contributed by atoms with van der Waals surface area (Å²) < 4.78 is 18.6. The van der Waals surface area contributed by atoms with Crippen molar-refractivity contribution in [2.75, 3.05) is 7.11 Å². The lowest BCUT2D eigenvalue weighted by Gasteiger charge is -2.40. The second-order valence-corrected chi connectivity index (χ2v) is 20.8. The average molecular weight is 429 g/mol. The molecule has 0 aromatic carbocycles. The van der Waals surface area contributed by atoms with Gasteiger partial charge in [0.25, 0.3) is 0 Å².